The van der Waals surface area contributed by atoms with Crippen LogP contribution in [0, 0.1) is 24.1 Å². The summed E-state index contributed by atoms with van der Waals surface area (Å²) in [4.78, 5) is 12.6. The maximum Gasteiger partial charge on any atom is 0.274 e. The number of rotatable bonds is 3. The van der Waals surface area contributed by atoms with E-state index in [4.69, 9.17) is 0 Å². The largest absolute Gasteiger partial charge is 0.321 e. The number of para-hydroxylation sites is 1. The molecule has 3 aromatic rings. The molecule has 4 nitrogen and oxygen atoms in total. The fraction of sp³-hybridized carbons (Fsp3) is 0.0526. The van der Waals surface area contributed by atoms with Gasteiger partial charge in [0, 0.05) is 11.9 Å². The van der Waals surface area contributed by atoms with E-state index >= 15 is 0 Å². The SMILES string of the molecule is Cc1ccc(NC(=O)c2c(C#N)ccn2-c2ccccc2F)cc1. The quantitative estimate of drug-likeness (QED) is 0.792. The van der Waals surface area contributed by atoms with Crippen molar-refractivity contribution in [3.8, 4) is 11.8 Å². The third-order valence-corrected chi connectivity index (χ3v) is 3.64. The molecule has 0 saturated carbocycles. The summed E-state index contributed by atoms with van der Waals surface area (Å²) in [5.41, 5.74) is 2.18. The number of carbonyl (C=O) groups is 1. The smallest absolute Gasteiger partial charge is 0.274 e. The summed E-state index contributed by atoms with van der Waals surface area (Å²) < 4.78 is 15.5. The number of benzene rings is 2. The van der Waals surface area contributed by atoms with Gasteiger partial charge in [-0.3, -0.25) is 4.79 Å². The third-order valence-electron chi connectivity index (χ3n) is 3.64. The summed E-state index contributed by atoms with van der Waals surface area (Å²) in [6.07, 6.45) is 1.51. The van der Waals surface area contributed by atoms with Crippen LogP contribution in [0.3, 0.4) is 0 Å². The van der Waals surface area contributed by atoms with Crippen molar-refractivity contribution in [2.24, 2.45) is 0 Å². The molecule has 5 heteroatoms. The van der Waals surface area contributed by atoms with E-state index < -0.39 is 11.7 Å². The molecule has 0 bridgehead atoms. The van der Waals surface area contributed by atoms with Gasteiger partial charge in [0.15, 0.2) is 0 Å². The van der Waals surface area contributed by atoms with Gasteiger partial charge in [0.2, 0.25) is 0 Å². The van der Waals surface area contributed by atoms with Crippen molar-refractivity contribution < 1.29 is 9.18 Å². The Labute approximate surface area is 138 Å². The second kappa shape index (κ2) is 6.39. The van der Waals surface area contributed by atoms with E-state index in [-0.39, 0.29) is 16.9 Å². The first-order valence-corrected chi connectivity index (χ1v) is 7.34. The Morgan fingerprint density at radius 3 is 2.50 bits per heavy atom. The van der Waals surface area contributed by atoms with Crippen molar-refractivity contribution in [1.82, 2.24) is 4.57 Å². The number of amides is 1. The topological polar surface area (TPSA) is 57.8 Å². The van der Waals surface area contributed by atoms with Crippen LogP contribution in [0.2, 0.25) is 0 Å². The zero-order valence-electron chi connectivity index (χ0n) is 13.0. The number of halogens is 1. The standard InChI is InChI=1S/C19H14FN3O/c1-13-6-8-15(9-7-13)22-19(24)18-14(12-21)10-11-23(18)17-5-3-2-4-16(17)20/h2-11H,1H3,(H,22,24). The number of nitriles is 1. The number of carbonyl (C=O) groups excluding carboxylic acids is 1. The van der Waals surface area contributed by atoms with E-state index in [1.807, 2.05) is 25.1 Å². The van der Waals surface area contributed by atoms with E-state index in [0.717, 1.165) is 5.56 Å². The average molecular weight is 319 g/mol. The van der Waals surface area contributed by atoms with Gasteiger partial charge in [-0.2, -0.15) is 5.26 Å². The molecule has 0 aliphatic rings. The Morgan fingerprint density at radius 1 is 1.12 bits per heavy atom. The predicted octanol–water partition coefficient (Wildman–Crippen LogP) is 4.05. The summed E-state index contributed by atoms with van der Waals surface area (Å²) in [6.45, 7) is 1.95. The highest BCUT2D eigenvalue weighted by Crippen LogP contribution is 2.21. The van der Waals surface area contributed by atoms with Crippen LogP contribution in [-0.4, -0.2) is 10.5 Å². The minimum Gasteiger partial charge on any atom is -0.321 e. The van der Waals surface area contributed by atoms with Crippen LogP contribution < -0.4 is 5.32 Å². The Balaban J connectivity index is 2.02. The average Bonchev–Trinajstić information content (AvgIpc) is 3.01. The summed E-state index contributed by atoms with van der Waals surface area (Å²) in [5.74, 6) is -0.939. The molecule has 2 aromatic carbocycles. The number of aryl methyl sites for hydroxylation is 1. The van der Waals surface area contributed by atoms with E-state index in [1.54, 1.807) is 30.3 Å². The van der Waals surface area contributed by atoms with Gasteiger partial charge in [0.05, 0.1) is 11.3 Å². The molecule has 0 saturated heterocycles. The van der Waals surface area contributed by atoms with Crippen LogP contribution in [0.1, 0.15) is 21.6 Å². The Bertz CT molecular complexity index is 936. The maximum atomic E-state index is 14.1. The Hall–Kier alpha value is -3.39. The molecule has 0 spiro atoms. The number of aromatic nitrogens is 1. The van der Waals surface area contributed by atoms with Gasteiger partial charge in [-0.15, -0.1) is 0 Å². The minimum absolute atomic E-state index is 0.100. The molecule has 118 valence electrons. The number of hydrogen-bond donors (Lipinski definition) is 1. The first-order valence-electron chi connectivity index (χ1n) is 7.34. The van der Waals surface area contributed by atoms with Crippen molar-refractivity contribution in [1.29, 1.82) is 5.26 Å². The lowest BCUT2D eigenvalue weighted by molar-refractivity contribution is 0.102. The first-order chi connectivity index (χ1) is 11.6. The van der Waals surface area contributed by atoms with Crippen molar-refractivity contribution in [3.05, 3.63) is 83.4 Å². The second-order valence-corrected chi connectivity index (χ2v) is 5.33. The lowest BCUT2D eigenvalue weighted by Gasteiger charge is -2.11. The molecule has 0 unspecified atom stereocenters. The highest BCUT2D eigenvalue weighted by atomic mass is 19.1. The van der Waals surface area contributed by atoms with Gasteiger partial charge in [-0.1, -0.05) is 29.8 Å². The van der Waals surface area contributed by atoms with Gasteiger partial charge >= 0.3 is 0 Å². The first kappa shape index (κ1) is 15.5. The fourth-order valence-corrected chi connectivity index (χ4v) is 2.43. The van der Waals surface area contributed by atoms with Gasteiger partial charge in [0.1, 0.15) is 17.6 Å². The van der Waals surface area contributed by atoms with Crippen molar-refractivity contribution in [2.75, 3.05) is 5.32 Å². The summed E-state index contributed by atoms with van der Waals surface area (Å²) in [5, 5.41) is 12.0. The molecule has 0 aliphatic heterocycles. The van der Waals surface area contributed by atoms with Crippen LogP contribution >= 0.6 is 0 Å². The van der Waals surface area contributed by atoms with Gasteiger partial charge < -0.3 is 9.88 Å². The fourth-order valence-electron chi connectivity index (χ4n) is 2.43. The summed E-state index contributed by atoms with van der Waals surface area (Å²) >= 11 is 0. The molecular weight excluding hydrogens is 305 g/mol. The lowest BCUT2D eigenvalue weighted by Crippen LogP contribution is -2.18. The van der Waals surface area contributed by atoms with Crippen LogP contribution in [0.15, 0.2) is 60.8 Å². The van der Waals surface area contributed by atoms with Crippen molar-refractivity contribution in [3.63, 3.8) is 0 Å². The summed E-state index contributed by atoms with van der Waals surface area (Å²) in [7, 11) is 0. The Morgan fingerprint density at radius 2 is 1.83 bits per heavy atom. The molecule has 0 radical (unpaired) electrons. The van der Waals surface area contributed by atoms with E-state index in [0.29, 0.717) is 5.69 Å². The van der Waals surface area contributed by atoms with E-state index in [2.05, 4.69) is 5.32 Å². The van der Waals surface area contributed by atoms with E-state index in [1.165, 1.54) is 22.9 Å². The molecule has 3 rings (SSSR count). The zero-order chi connectivity index (χ0) is 17.1. The molecule has 24 heavy (non-hydrogen) atoms. The maximum absolute atomic E-state index is 14.1. The van der Waals surface area contributed by atoms with Crippen molar-refractivity contribution in [2.45, 2.75) is 6.92 Å². The van der Waals surface area contributed by atoms with Crippen molar-refractivity contribution >= 4 is 11.6 Å². The molecular formula is C19H14FN3O. The normalized spacial score (nSPS) is 10.2. The van der Waals surface area contributed by atoms with Gasteiger partial charge in [-0.25, -0.2) is 4.39 Å². The predicted molar refractivity (Wildman–Crippen MR) is 89.6 cm³/mol. The number of anilines is 1. The lowest BCUT2D eigenvalue weighted by atomic mass is 10.2. The molecule has 0 atom stereocenters. The van der Waals surface area contributed by atoms with Crippen LogP contribution in [-0.2, 0) is 0 Å². The van der Waals surface area contributed by atoms with Crippen LogP contribution in [0.4, 0.5) is 10.1 Å². The zero-order valence-corrected chi connectivity index (χ0v) is 13.0. The second-order valence-electron chi connectivity index (χ2n) is 5.33. The molecule has 1 heterocycles. The third kappa shape index (κ3) is 2.90. The minimum atomic E-state index is -0.470. The summed E-state index contributed by atoms with van der Waals surface area (Å²) in [6, 6.07) is 16.9. The van der Waals surface area contributed by atoms with E-state index in [9.17, 15) is 14.4 Å². The van der Waals surface area contributed by atoms with Gasteiger partial charge in [0.25, 0.3) is 5.91 Å². The molecule has 0 fully saturated rings. The Kier molecular flexibility index (Phi) is 4.13. The monoisotopic (exact) mass is 319 g/mol. The highest BCUT2D eigenvalue weighted by Gasteiger charge is 2.19. The van der Waals surface area contributed by atoms with Crippen LogP contribution in [0.5, 0.6) is 0 Å². The van der Waals surface area contributed by atoms with Gasteiger partial charge in [-0.05, 0) is 37.3 Å². The number of hydrogen-bond acceptors (Lipinski definition) is 2. The number of nitrogens with one attached hydrogen (secondary N) is 1. The number of nitrogens with zero attached hydrogens (tertiary/aromatic N) is 2. The molecule has 0 aliphatic carbocycles. The molecule has 1 aromatic heterocycles. The molecule has 1 N–H and O–H groups in total. The molecule has 1 amide bonds. The highest BCUT2D eigenvalue weighted by molar-refractivity contribution is 6.05. The van der Waals surface area contributed by atoms with Crippen LogP contribution in [0.25, 0.3) is 5.69 Å².